The highest BCUT2D eigenvalue weighted by atomic mass is 15.2. The fraction of sp³-hybridized carbons (Fsp3) is 0.692. The maximum atomic E-state index is 6.16. The number of hydrogen-bond acceptors (Lipinski definition) is 4. The van der Waals surface area contributed by atoms with Crippen LogP contribution in [0.5, 0.6) is 0 Å². The van der Waals surface area contributed by atoms with Gasteiger partial charge in [0, 0.05) is 30.9 Å². The van der Waals surface area contributed by atoms with Crippen molar-refractivity contribution in [3.05, 3.63) is 17.6 Å². The summed E-state index contributed by atoms with van der Waals surface area (Å²) in [5.74, 6) is 3.39. The van der Waals surface area contributed by atoms with E-state index >= 15 is 0 Å². The lowest BCUT2D eigenvalue weighted by Crippen LogP contribution is -2.30. The van der Waals surface area contributed by atoms with Crippen LogP contribution in [0.2, 0.25) is 0 Å². The normalized spacial score (nSPS) is 31.9. The number of hydrogen-bond donors (Lipinski definition) is 1. The third-order valence-electron chi connectivity index (χ3n) is 4.19. The molecule has 0 radical (unpaired) electrons. The molecule has 1 saturated carbocycles. The van der Waals surface area contributed by atoms with Crippen LogP contribution in [0.4, 0.5) is 5.82 Å². The van der Waals surface area contributed by atoms with E-state index in [4.69, 9.17) is 5.73 Å². The highest BCUT2D eigenvalue weighted by Crippen LogP contribution is 2.38. The highest BCUT2D eigenvalue weighted by molar-refractivity contribution is 5.41. The molecular formula is C13H20N4. The zero-order valence-electron chi connectivity index (χ0n) is 10.6. The molecule has 2 aliphatic rings. The summed E-state index contributed by atoms with van der Waals surface area (Å²) in [6.07, 6.45) is 2.48. The van der Waals surface area contributed by atoms with E-state index in [-0.39, 0.29) is 0 Å². The van der Waals surface area contributed by atoms with Crippen LogP contribution in [-0.2, 0) is 0 Å². The Balaban J connectivity index is 1.82. The summed E-state index contributed by atoms with van der Waals surface area (Å²) in [4.78, 5) is 11.3. The van der Waals surface area contributed by atoms with Gasteiger partial charge in [-0.15, -0.1) is 0 Å². The fourth-order valence-electron chi connectivity index (χ4n) is 3.35. The average molecular weight is 232 g/mol. The van der Waals surface area contributed by atoms with Gasteiger partial charge in [0.1, 0.15) is 11.6 Å². The summed E-state index contributed by atoms with van der Waals surface area (Å²) in [5, 5.41) is 0. The van der Waals surface area contributed by atoms with Crippen LogP contribution in [-0.4, -0.2) is 29.1 Å². The molecule has 1 aliphatic carbocycles. The van der Waals surface area contributed by atoms with Gasteiger partial charge in [0.05, 0.1) is 0 Å². The number of nitrogens with zero attached hydrogens (tertiary/aromatic N) is 3. The van der Waals surface area contributed by atoms with Crippen molar-refractivity contribution in [1.29, 1.82) is 0 Å². The molecular weight excluding hydrogens is 212 g/mol. The van der Waals surface area contributed by atoms with Crippen molar-refractivity contribution in [3.8, 4) is 0 Å². The van der Waals surface area contributed by atoms with Crippen LogP contribution in [0, 0.1) is 25.7 Å². The minimum Gasteiger partial charge on any atom is -0.356 e. The van der Waals surface area contributed by atoms with Crippen molar-refractivity contribution in [2.45, 2.75) is 32.7 Å². The highest BCUT2D eigenvalue weighted by Gasteiger charge is 2.41. The van der Waals surface area contributed by atoms with Crippen LogP contribution >= 0.6 is 0 Å². The first kappa shape index (κ1) is 11.0. The second-order valence-electron chi connectivity index (χ2n) is 5.48. The Kier molecular flexibility index (Phi) is 2.54. The molecule has 0 aromatic carbocycles. The summed E-state index contributed by atoms with van der Waals surface area (Å²) in [6, 6.07) is 2.48. The van der Waals surface area contributed by atoms with Gasteiger partial charge < -0.3 is 10.6 Å². The first-order valence-electron chi connectivity index (χ1n) is 6.46. The topological polar surface area (TPSA) is 55.0 Å². The molecule has 1 aromatic rings. The lowest BCUT2D eigenvalue weighted by molar-refractivity contribution is 0.453. The Morgan fingerprint density at radius 3 is 2.76 bits per heavy atom. The second kappa shape index (κ2) is 3.95. The molecule has 0 amide bonds. The smallest absolute Gasteiger partial charge is 0.132 e. The van der Waals surface area contributed by atoms with Crippen LogP contribution < -0.4 is 10.6 Å². The van der Waals surface area contributed by atoms with Gasteiger partial charge in [-0.3, -0.25) is 0 Å². The molecule has 92 valence electrons. The van der Waals surface area contributed by atoms with Gasteiger partial charge in [0.2, 0.25) is 0 Å². The minimum atomic E-state index is 0.397. The Hall–Kier alpha value is -1.16. The molecule has 4 heteroatoms. The predicted octanol–water partition coefficient (Wildman–Crippen LogP) is 1.27. The van der Waals surface area contributed by atoms with Gasteiger partial charge in [-0.1, -0.05) is 0 Å². The Morgan fingerprint density at radius 2 is 2.06 bits per heavy atom. The first-order valence-corrected chi connectivity index (χ1v) is 6.46. The minimum absolute atomic E-state index is 0.397. The number of rotatable bonds is 1. The fourth-order valence-corrected chi connectivity index (χ4v) is 3.35. The van der Waals surface area contributed by atoms with E-state index in [1.165, 1.54) is 12.8 Å². The van der Waals surface area contributed by atoms with Crippen molar-refractivity contribution in [1.82, 2.24) is 9.97 Å². The molecule has 3 rings (SSSR count). The number of fused-ring (bicyclic) bond motifs is 1. The van der Waals surface area contributed by atoms with Gasteiger partial charge in [0.25, 0.3) is 0 Å². The summed E-state index contributed by atoms with van der Waals surface area (Å²) < 4.78 is 0. The lowest BCUT2D eigenvalue weighted by atomic mass is 9.98. The van der Waals surface area contributed by atoms with Crippen molar-refractivity contribution >= 4 is 5.82 Å². The summed E-state index contributed by atoms with van der Waals surface area (Å²) in [7, 11) is 0. The van der Waals surface area contributed by atoms with Crippen LogP contribution in [0.15, 0.2) is 6.07 Å². The van der Waals surface area contributed by atoms with Crippen LogP contribution in [0.1, 0.15) is 24.4 Å². The molecule has 1 aliphatic heterocycles. The predicted molar refractivity (Wildman–Crippen MR) is 67.9 cm³/mol. The van der Waals surface area contributed by atoms with E-state index in [1.54, 1.807) is 0 Å². The van der Waals surface area contributed by atoms with Gasteiger partial charge >= 0.3 is 0 Å². The molecule has 3 atom stereocenters. The van der Waals surface area contributed by atoms with E-state index in [9.17, 15) is 0 Å². The average Bonchev–Trinajstić information content (AvgIpc) is 2.80. The molecule has 0 bridgehead atoms. The van der Waals surface area contributed by atoms with E-state index in [0.717, 1.165) is 36.3 Å². The Morgan fingerprint density at radius 1 is 1.24 bits per heavy atom. The number of anilines is 1. The molecule has 2 heterocycles. The molecule has 2 fully saturated rings. The number of aromatic nitrogens is 2. The van der Waals surface area contributed by atoms with Crippen molar-refractivity contribution in [2.24, 2.45) is 17.6 Å². The Labute approximate surface area is 102 Å². The van der Waals surface area contributed by atoms with E-state index < -0.39 is 0 Å². The van der Waals surface area contributed by atoms with Crippen molar-refractivity contribution in [2.75, 3.05) is 18.0 Å². The number of nitrogens with two attached hydrogens (primary N) is 1. The van der Waals surface area contributed by atoms with Crippen molar-refractivity contribution < 1.29 is 0 Å². The zero-order valence-corrected chi connectivity index (χ0v) is 10.6. The summed E-state index contributed by atoms with van der Waals surface area (Å²) >= 11 is 0. The molecule has 17 heavy (non-hydrogen) atoms. The lowest BCUT2D eigenvalue weighted by Gasteiger charge is -2.20. The maximum Gasteiger partial charge on any atom is 0.132 e. The van der Waals surface area contributed by atoms with E-state index in [1.807, 2.05) is 13.8 Å². The summed E-state index contributed by atoms with van der Waals surface area (Å²) in [5.41, 5.74) is 7.21. The molecule has 1 saturated heterocycles. The third-order valence-corrected chi connectivity index (χ3v) is 4.19. The first-order chi connectivity index (χ1) is 8.13. The zero-order chi connectivity index (χ0) is 12.0. The molecule has 4 nitrogen and oxygen atoms in total. The second-order valence-corrected chi connectivity index (χ2v) is 5.48. The molecule has 0 spiro atoms. The Bertz CT molecular complexity index is 411. The quantitative estimate of drug-likeness (QED) is 0.792. The van der Waals surface area contributed by atoms with Crippen molar-refractivity contribution in [3.63, 3.8) is 0 Å². The molecule has 3 unspecified atom stereocenters. The van der Waals surface area contributed by atoms with E-state index in [0.29, 0.717) is 12.0 Å². The van der Waals surface area contributed by atoms with Crippen LogP contribution in [0.25, 0.3) is 0 Å². The van der Waals surface area contributed by atoms with Crippen LogP contribution in [0.3, 0.4) is 0 Å². The van der Waals surface area contributed by atoms with Gasteiger partial charge in [0.15, 0.2) is 0 Å². The standard InChI is InChI=1S/C13H20N4/c1-8-5-13(16-9(2)15-8)17-6-10-3-4-12(14)11(10)7-17/h5,10-12H,3-4,6-7,14H2,1-2H3. The monoisotopic (exact) mass is 232 g/mol. The SMILES string of the molecule is Cc1cc(N2CC3CCC(N)C3C2)nc(C)n1. The summed E-state index contributed by atoms with van der Waals surface area (Å²) in [6.45, 7) is 6.18. The maximum absolute atomic E-state index is 6.16. The largest absolute Gasteiger partial charge is 0.356 e. The van der Waals surface area contributed by atoms with Gasteiger partial charge in [-0.25, -0.2) is 9.97 Å². The van der Waals surface area contributed by atoms with Gasteiger partial charge in [-0.05, 0) is 38.5 Å². The van der Waals surface area contributed by atoms with E-state index in [2.05, 4.69) is 20.9 Å². The molecule has 1 aromatic heterocycles. The van der Waals surface area contributed by atoms with Gasteiger partial charge in [-0.2, -0.15) is 0 Å². The molecule has 2 N–H and O–H groups in total. The number of aryl methyl sites for hydroxylation is 2. The third kappa shape index (κ3) is 1.90.